The van der Waals surface area contributed by atoms with Gasteiger partial charge in [-0.25, -0.2) is 0 Å². The van der Waals surface area contributed by atoms with Crippen LogP contribution in [0, 0.1) is 118 Å². The van der Waals surface area contributed by atoms with Gasteiger partial charge in [-0.3, -0.25) is 0 Å². The van der Waals surface area contributed by atoms with Crippen molar-refractivity contribution in [3.63, 3.8) is 0 Å². The fraction of sp³-hybridized carbons (Fsp3) is 0.913. The second kappa shape index (κ2) is 2.23. The maximum Gasteiger partial charge on any atom is -0.0161 e. The molecular weight excluding hydrogens is 276 g/mol. The smallest absolute Gasteiger partial charge is 0.0161 e. The summed E-state index contributed by atoms with van der Waals surface area (Å²) < 4.78 is 0. The summed E-state index contributed by atoms with van der Waals surface area (Å²) >= 11 is 0. The third kappa shape index (κ3) is 0.503. The zero-order valence-electron chi connectivity index (χ0n) is 13.5. The molecule has 0 saturated heterocycles. The van der Waals surface area contributed by atoms with E-state index in [1.54, 1.807) is 0 Å². The van der Waals surface area contributed by atoms with E-state index in [-0.39, 0.29) is 0 Å². The van der Waals surface area contributed by atoms with Crippen molar-refractivity contribution in [1.82, 2.24) is 0 Å². The third-order valence-electron chi connectivity index (χ3n) is 14.2. The monoisotopic (exact) mass is 300 g/mol. The highest BCUT2D eigenvalue weighted by Crippen LogP contribution is 3.04. The number of hydrogen-bond acceptors (Lipinski definition) is 0. The van der Waals surface area contributed by atoms with Gasteiger partial charge in [-0.2, -0.15) is 0 Å². The largest absolute Gasteiger partial charge is 0.103 e. The van der Waals surface area contributed by atoms with Gasteiger partial charge in [-0.05, 0) is 124 Å². The lowest BCUT2D eigenvalue weighted by molar-refractivity contribution is 0.0862. The zero-order valence-corrected chi connectivity index (χ0v) is 13.5. The van der Waals surface area contributed by atoms with Crippen LogP contribution in [0.2, 0.25) is 0 Å². The van der Waals surface area contributed by atoms with Crippen LogP contribution in [0.3, 0.4) is 0 Å². The predicted molar refractivity (Wildman–Crippen MR) is 83.6 cm³/mol. The summed E-state index contributed by atoms with van der Waals surface area (Å²) in [4.78, 5) is 0. The van der Waals surface area contributed by atoms with Crippen molar-refractivity contribution in [2.75, 3.05) is 0 Å². The van der Waals surface area contributed by atoms with Crippen molar-refractivity contribution in [2.45, 2.75) is 6.42 Å². The van der Waals surface area contributed by atoms with E-state index in [1.165, 1.54) is 119 Å². The Morgan fingerprint density at radius 2 is 0.739 bits per heavy atom. The van der Waals surface area contributed by atoms with E-state index >= 15 is 0 Å². The fourth-order valence-electron chi connectivity index (χ4n) is 16.4. The lowest BCUT2D eigenvalue weighted by atomic mass is 9.65. The van der Waals surface area contributed by atoms with Gasteiger partial charge in [-0.1, -0.05) is 6.08 Å². The number of allylic oxidation sites excluding steroid dienone is 1. The van der Waals surface area contributed by atoms with Gasteiger partial charge in [0.2, 0.25) is 0 Å². The molecule has 0 aromatic heterocycles. The van der Waals surface area contributed by atoms with Crippen molar-refractivity contribution < 1.29 is 0 Å². The van der Waals surface area contributed by atoms with Crippen LogP contribution in [0.4, 0.5) is 0 Å². The Kier molecular flexibility index (Phi) is 0.973. The van der Waals surface area contributed by atoms with Crippen molar-refractivity contribution in [3.8, 4) is 0 Å². The quantitative estimate of drug-likeness (QED) is 0.686. The first-order valence-electron chi connectivity index (χ1n) is 11.0. The molecule has 8 unspecified atom stereocenters. The summed E-state index contributed by atoms with van der Waals surface area (Å²) in [5, 5.41) is 0. The molecule has 20 atom stereocenters. The standard InChI is InChI=1S/C23H24/c1-2-3-23-20-14-8-5-4-6-10(8)16(20)18-12(6)13-7(4)11-9(5)15(14)21(23)17(11)19(13)22(18)23/h2,4-22H,1,3H2/t4?,5?,6?,7?,8-,9-,10-,11+,12+,13+,14-,15+,16+,17+,18-,19-,20?,21?,22?,23?/m0/s1. The van der Waals surface area contributed by atoms with E-state index in [0.717, 1.165) is 5.41 Å². The highest BCUT2D eigenvalue weighted by atomic mass is 15.1. The van der Waals surface area contributed by atoms with Crippen LogP contribution < -0.4 is 0 Å². The van der Waals surface area contributed by atoms with E-state index in [9.17, 15) is 0 Å². The first-order chi connectivity index (χ1) is 11.4. The van der Waals surface area contributed by atoms with Gasteiger partial charge in [0.05, 0.1) is 0 Å². The first kappa shape index (κ1) is 10.0. The summed E-state index contributed by atoms with van der Waals surface area (Å²) in [5.41, 5.74) is 0.833. The first-order valence-corrected chi connectivity index (χ1v) is 11.0. The Labute approximate surface area is 137 Å². The predicted octanol–water partition coefficient (Wildman–Crippen LogP) is 3.41. The molecule has 12 fully saturated rings. The minimum absolute atomic E-state index is 0.833. The van der Waals surface area contributed by atoms with E-state index in [1.807, 2.05) is 0 Å². The molecule has 0 bridgehead atoms. The average molecular weight is 300 g/mol. The molecule has 0 aliphatic heterocycles. The second-order valence-corrected chi connectivity index (χ2v) is 12.4. The van der Waals surface area contributed by atoms with Crippen LogP contribution in [0.1, 0.15) is 6.42 Å². The minimum Gasteiger partial charge on any atom is -0.103 e. The summed E-state index contributed by atoms with van der Waals surface area (Å²) in [6.45, 7) is 4.31. The average Bonchev–Trinajstić information content (AvgIpc) is 3.23. The Bertz CT molecular complexity index is 663. The molecule has 0 spiro atoms. The van der Waals surface area contributed by atoms with Crippen LogP contribution in [0.25, 0.3) is 0 Å². The highest BCUT2D eigenvalue weighted by Gasteiger charge is 3.01. The van der Waals surface area contributed by atoms with Gasteiger partial charge >= 0.3 is 0 Å². The fourth-order valence-corrected chi connectivity index (χ4v) is 16.4. The summed E-state index contributed by atoms with van der Waals surface area (Å²) in [7, 11) is 0. The van der Waals surface area contributed by atoms with Crippen LogP contribution in [0.5, 0.6) is 0 Å². The van der Waals surface area contributed by atoms with Gasteiger partial charge in [0, 0.05) is 0 Å². The minimum atomic E-state index is 0.833. The molecule has 116 valence electrons. The molecule has 0 amide bonds. The van der Waals surface area contributed by atoms with Gasteiger partial charge in [0.1, 0.15) is 0 Å². The molecule has 0 heterocycles. The van der Waals surface area contributed by atoms with Crippen LogP contribution in [-0.2, 0) is 0 Å². The lowest BCUT2D eigenvalue weighted by Crippen LogP contribution is -2.35. The molecule has 12 aliphatic carbocycles. The molecule has 0 radical (unpaired) electrons. The summed E-state index contributed by atoms with van der Waals surface area (Å²) in [6.07, 6.45) is 3.85. The van der Waals surface area contributed by atoms with E-state index in [4.69, 9.17) is 0 Å². The topological polar surface area (TPSA) is 0 Å². The summed E-state index contributed by atoms with van der Waals surface area (Å²) in [6, 6.07) is 0. The molecule has 12 aliphatic rings. The SMILES string of the molecule is C=CCC12C3[C@@H]4[C@@H]5C6C7C8[C@@H]9[C@@H]6[C@@H]4C1[C@@H]9[C@@H]1C2[C@H]2[C@@H](C7[C@@H]5[C@@H]32)[C@H]81. The third-order valence-corrected chi connectivity index (χ3v) is 14.2. The van der Waals surface area contributed by atoms with Gasteiger partial charge < -0.3 is 0 Å². The normalized spacial score (nSPS) is 98.5. The number of hydrogen-bond donors (Lipinski definition) is 0. The van der Waals surface area contributed by atoms with Crippen LogP contribution in [-0.4, -0.2) is 0 Å². The molecule has 0 aromatic carbocycles. The van der Waals surface area contributed by atoms with Crippen LogP contribution >= 0.6 is 0 Å². The Hall–Kier alpha value is -0.260. The van der Waals surface area contributed by atoms with E-state index in [0.29, 0.717) is 0 Å². The maximum absolute atomic E-state index is 4.31. The molecule has 12 saturated carbocycles. The van der Waals surface area contributed by atoms with Crippen LogP contribution in [0.15, 0.2) is 12.7 Å². The molecule has 0 heteroatoms. The van der Waals surface area contributed by atoms with E-state index < -0.39 is 0 Å². The van der Waals surface area contributed by atoms with Crippen molar-refractivity contribution in [3.05, 3.63) is 12.7 Å². The summed E-state index contributed by atoms with van der Waals surface area (Å²) in [5.74, 6) is 24.1. The van der Waals surface area contributed by atoms with Crippen molar-refractivity contribution in [2.24, 2.45) is 118 Å². The van der Waals surface area contributed by atoms with Crippen molar-refractivity contribution in [1.29, 1.82) is 0 Å². The maximum atomic E-state index is 4.31. The van der Waals surface area contributed by atoms with Crippen molar-refractivity contribution >= 4 is 0 Å². The highest BCUT2D eigenvalue weighted by molar-refractivity contribution is 5.48. The molecule has 0 nitrogen and oxygen atoms in total. The molecule has 23 heavy (non-hydrogen) atoms. The van der Waals surface area contributed by atoms with E-state index in [2.05, 4.69) is 12.7 Å². The molecule has 12 rings (SSSR count). The molecule has 0 N–H and O–H groups in total. The molecule has 0 aromatic rings. The molecular formula is C23H24. The van der Waals surface area contributed by atoms with Gasteiger partial charge in [0.15, 0.2) is 0 Å². The van der Waals surface area contributed by atoms with Gasteiger partial charge in [0.25, 0.3) is 0 Å². The van der Waals surface area contributed by atoms with Gasteiger partial charge in [-0.15, -0.1) is 6.58 Å². The second-order valence-electron chi connectivity index (χ2n) is 12.4. The Morgan fingerprint density at radius 1 is 0.478 bits per heavy atom. The number of rotatable bonds is 2. The zero-order chi connectivity index (χ0) is 13.9. The Balaban J connectivity index is 1.42. The lowest BCUT2D eigenvalue weighted by Gasteiger charge is -2.39. The Morgan fingerprint density at radius 3 is 1.00 bits per heavy atom.